The quantitative estimate of drug-likeness (QED) is 0.912. The molecule has 1 atom stereocenters. The van der Waals surface area contributed by atoms with Gasteiger partial charge in [0.25, 0.3) is 5.91 Å². The summed E-state index contributed by atoms with van der Waals surface area (Å²) in [4.78, 5) is 31.0. The molecule has 25 heavy (non-hydrogen) atoms. The molecular formula is C20H23N3O2. The number of amides is 2. The van der Waals surface area contributed by atoms with E-state index in [1.807, 2.05) is 36.4 Å². The van der Waals surface area contributed by atoms with Crippen molar-refractivity contribution in [2.75, 3.05) is 11.4 Å². The molecule has 2 amide bonds. The lowest BCUT2D eigenvalue weighted by Gasteiger charge is -2.32. The van der Waals surface area contributed by atoms with Crippen LogP contribution in [-0.4, -0.2) is 29.4 Å². The number of aromatic nitrogens is 1. The fourth-order valence-corrected chi connectivity index (χ4v) is 3.13. The maximum absolute atomic E-state index is 12.7. The Morgan fingerprint density at radius 2 is 2.08 bits per heavy atom. The zero-order valence-corrected chi connectivity index (χ0v) is 14.4. The van der Waals surface area contributed by atoms with E-state index in [0.717, 1.165) is 24.9 Å². The molecule has 1 aromatic heterocycles. The number of nitrogens with one attached hydrogen (secondary N) is 1. The number of hydrogen-bond acceptors (Lipinski definition) is 3. The first-order valence-electron chi connectivity index (χ1n) is 8.80. The van der Waals surface area contributed by atoms with Crippen LogP contribution in [0.1, 0.15) is 42.1 Å². The Labute approximate surface area is 148 Å². The molecule has 1 aromatic carbocycles. The summed E-state index contributed by atoms with van der Waals surface area (Å²) < 4.78 is 0. The maximum Gasteiger partial charge on any atom is 0.251 e. The van der Waals surface area contributed by atoms with Gasteiger partial charge < -0.3 is 10.2 Å². The predicted octanol–water partition coefficient (Wildman–Crippen LogP) is 2.96. The van der Waals surface area contributed by atoms with Crippen LogP contribution in [0.4, 0.5) is 5.69 Å². The highest BCUT2D eigenvalue weighted by Gasteiger charge is 2.31. The van der Waals surface area contributed by atoms with Gasteiger partial charge in [-0.05, 0) is 49.1 Å². The number of pyridine rings is 1. The molecule has 5 heteroatoms. The fourth-order valence-electron chi connectivity index (χ4n) is 3.13. The van der Waals surface area contributed by atoms with Crippen LogP contribution in [0.2, 0.25) is 0 Å². The molecule has 1 saturated heterocycles. The molecule has 2 aromatic rings. The van der Waals surface area contributed by atoms with Crippen molar-refractivity contribution >= 4 is 17.5 Å². The van der Waals surface area contributed by atoms with Gasteiger partial charge in [-0.3, -0.25) is 14.6 Å². The van der Waals surface area contributed by atoms with E-state index in [2.05, 4.69) is 17.2 Å². The smallest absolute Gasteiger partial charge is 0.251 e. The number of anilines is 1. The van der Waals surface area contributed by atoms with E-state index in [-0.39, 0.29) is 11.8 Å². The summed E-state index contributed by atoms with van der Waals surface area (Å²) in [7, 11) is 0. The van der Waals surface area contributed by atoms with Crippen LogP contribution in [0.25, 0.3) is 0 Å². The van der Waals surface area contributed by atoms with Gasteiger partial charge >= 0.3 is 0 Å². The van der Waals surface area contributed by atoms with E-state index >= 15 is 0 Å². The summed E-state index contributed by atoms with van der Waals surface area (Å²) >= 11 is 0. The van der Waals surface area contributed by atoms with Crippen LogP contribution >= 0.6 is 0 Å². The van der Waals surface area contributed by atoms with Gasteiger partial charge in [0.05, 0.1) is 11.9 Å². The summed E-state index contributed by atoms with van der Waals surface area (Å²) in [6.07, 6.45) is 6.94. The Morgan fingerprint density at radius 3 is 2.76 bits per heavy atom. The summed E-state index contributed by atoms with van der Waals surface area (Å²) in [5.74, 6) is -0.273. The van der Waals surface area contributed by atoms with Gasteiger partial charge in [-0.2, -0.15) is 0 Å². The second-order valence-corrected chi connectivity index (χ2v) is 6.32. The van der Waals surface area contributed by atoms with Gasteiger partial charge in [0, 0.05) is 18.3 Å². The highest BCUT2D eigenvalue weighted by Crippen LogP contribution is 2.20. The van der Waals surface area contributed by atoms with Crippen molar-refractivity contribution in [2.24, 2.45) is 0 Å². The topological polar surface area (TPSA) is 62.3 Å². The monoisotopic (exact) mass is 337 g/mol. The van der Waals surface area contributed by atoms with Crippen molar-refractivity contribution in [1.29, 1.82) is 0 Å². The molecule has 0 aliphatic carbocycles. The minimum atomic E-state index is -0.489. The molecule has 130 valence electrons. The Hall–Kier alpha value is -2.69. The fraction of sp³-hybridized carbons (Fsp3) is 0.350. The van der Waals surface area contributed by atoms with E-state index < -0.39 is 6.04 Å². The van der Waals surface area contributed by atoms with Gasteiger partial charge in [0.15, 0.2) is 0 Å². The molecule has 2 heterocycles. The zero-order valence-electron chi connectivity index (χ0n) is 14.4. The first-order valence-corrected chi connectivity index (χ1v) is 8.80. The lowest BCUT2D eigenvalue weighted by atomic mass is 10.0. The molecule has 1 fully saturated rings. The Kier molecular flexibility index (Phi) is 5.43. The lowest BCUT2D eigenvalue weighted by molar-refractivity contribution is -0.121. The Morgan fingerprint density at radius 1 is 1.28 bits per heavy atom. The van der Waals surface area contributed by atoms with Crippen LogP contribution < -0.4 is 10.2 Å². The van der Waals surface area contributed by atoms with Crippen LogP contribution in [0, 0.1) is 0 Å². The molecule has 0 saturated carbocycles. The first kappa shape index (κ1) is 17.1. The lowest BCUT2D eigenvalue weighted by Crippen LogP contribution is -2.52. The number of carbonyl (C=O) groups excluding carboxylic acids is 2. The third-order valence-corrected chi connectivity index (χ3v) is 4.46. The SMILES string of the molecule is CCCc1ccc(C(=O)NC2CCCN(c3cccnc3)C2=O)cc1. The summed E-state index contributed by atoms with van der Waals surface area (Å²) in [5, 5.41) is 2.89. The number of carbonyl (C=O) groups is 2. The number of piperidine rings is 1. The molecule has 3 rings (SSSR count). The van der Waals surface area contributed by atoms with Crippen molar-refractivity contribution in [3.63, 3.8) is 0 Å². The van der Waals surface area contributed by atoms with Crippen molar-refractivity contribution in [3.05, 3.63) is 59.9 Å². The maximum atomic E-state index is 12.7. The third-order valence-electron chi connectivity index (χ3n) is 4.46. The number of benzene rings is 1. The molecule has 0 bridgehead atoms. The van der Waals surface area contributed by atoms with Crippen molar-refractivity contribution in [1.82, 2.24) is 10.3 Å². The van der Waals surface area contributed by atoms with E-state index in [9.17, 15) is 9.59 Å². The van der Waals surface area contributed by atoms with Gasteiger partial charge in [-0.1, -0.05) is 25.5 Å². The van der Waals surface area contributed by atoms with Crippen LogP contribution in [0.3, 0.4) is 0 Å². The molecule has 1 aliphatic rings. The predicted molar refractivity (Wildman–Crippen MR) is 97.5 cm³/mol. The highest BCUT2D eigenvalue weighted by atomic mass is 16.2. The first-order chi connectivity index (χ1) is 12.2. The summed E-state index contributed by atoms with van der Waals surface area (Å²) in [6.45, 7) is 2.78. The second kappa shape index (κ2) is 7.92. The minimum absolute atomic E-state index is 0.0739. The minimum Gasteiger partial charge on any atom is -0.340 e. The highest BCUT2D eigenvalue weighted by molar-refractivity contribution is 6.02. The van der Waals surface area contributed by atoms with E-state index in [0.29, 0.717) is 18.5 Å². The van der Waals surface area contributed by atoms with E-state index in [4.69, 9.17) is 0 Å². The number of rotatable bonds is 5. The number of hydrogen-bond donors (Lipinski definition) is 1. The van der Waals surface area contributed by atoms with Crippen LogP contribution in [0.15, 0.2) is 48.8 Å². The van der Waals surface area contributed by atoms with Gasteiger partial charge in [0.2, 0.25) is 5.91 Å². The molecule has 1 aliphatic heterocycles. The third kappa shape index (κ3) is 4.05. The molecule has 0 spiro atoms. The number of aryl methyl sites for hydroxylation is 1. The van der Waals surface area contributed by atoms with Crippen LogP contribution in [-0.2, 0) is 11.2 Å². The molecule has 5 nitrogen and oxygen atoms in total. The zero-order chi connectivity index (χ0) is 17.6. The molecule has 0 radical (unpaired) electrons. The Balaban J connectivity index is 1.67. The average Bonchev–Trinajstić information content (AvgIpc) is 2.65. The van der Waals surface area contributed by atoms with Gasteiger partial charge in [-0.25, -0.2) is 0 Å². The molecule has 1 N–H and O–H groups in total. The molecular weight excluding hydrogens is 314 g/mol. The van der Waals surface area contributed by atoms with Crippen molar-refractivity contribution in [2.45, 2.75) is 38.6 Å². The average molecular weight is 337 g/mol. The van der Waals surface area contributed by atoms with Gasteiger partial charge in [-0.15, -0.1) is 0 Å². The standard InChI is InChI=1S/C20H23N3O2/c1-2-5-15-8-10-16(11-9-15)19(24)22-18-7-4-13-23(20(18)25)17-6-3-12-21-14-17/h3,6,8-12,14,18H,2,4-5,7,13H2,1H3,(H,22,24). The van der Waals surface area contributed by atoms with Gasteiger partial charge in [0.1, 0.15) is 6.04 Å². The molecule has 1 unspecified atom stereocenters. The summed E-state index contributed by atoms with van der Waals surface area (Å²) in [5.41, 5.74) is 2.58. The summed E-state index contributed by atoms with van der Waals surface area (Å²) in [6, 6.07) is 10.8. The van der Waals surface area contributed by atoms with E-state index in [1.54, 1.807) is 17.3 Å². The normalized spacial score (nSPS) is 17.4. The van der Waals surface area contributed by atoms with Crippen molar-refractivity contribution < 1.29 is 9.59 Å². The largest absolute Gasteiger partial charge is 0.340 e. The van der Waals surface area contributed by atoms with Crippen LogP contribution in [0.5, 0.6) is 0 Å². The number of nitrogens with zero attached hydrogens (tertiary/aromatic N) is 2. The second-order valence-electron chi connectivity index (χ2n) is 6.32. The van der Waals surface area contributed by atoms with Crippen molar-refractivity contribution in [3.8, 4) is 0 Å². The Bertz CT molecular complexity index is 728. The van der Waals surface area contributed by atoms with E-state index in [1.165, 1.54) is 5.56 Å².